The second kappa shape index (κ2) is 7.29. The van der Waals surface area contributed by atoms with Crippen molar-refractivity contribution in [2.24, 2.45) is 0 Å². The zero-order valence-electron chi connectivity index (χ0n) is 10.5. The summed E-state index contributed by atoms with van der Waals surface area (Å²) < 4.78 is 55.6. The van der Waals surface area contributed by atoms with Crippen LogP contribution in [0.15, 0.2) is 60.7 Å². The van der Waals surface area contributed by atoms with Crippen LogP contribution in [0.1, 0.15) is 0 Å². The quantitative estimate of drug-likeness (QED) is 0.825. The average molecular weight is 332 g/mol. The Labute approximate surface area is 122 Å². The van der Waals surface area contributed by atoms with Crippen LogP contribution in [-0.2, 0) is 24.4 Å². The lowest BCUT2D eigenvalue weighted by molar-refractivity contribution is 0.344. The predicted molar refractivity (Wildman–Crippen MR) is 76.1 cm³/mol. The highest BCUT2D eigenvalue weighted by molar-refractivity contribution is 7.94. The van der Waals surface area contributed by atoms with E-state index < -0.39 is 20.8 Å². The van der Waals surface area contributed by atoms with Gasteiger partial charge in [-0.2, -0.15) is 16.8 Å². The van der Waals surface area contributed by atoms with Gasteiger partial charge < -0.3 is 0 Å². The summed E-state index contributed by atoms with van der Waals surface area (Å²) in [6.07, 6.45) is 0. The van der Waals surface area contributed by atoms with Crippen molar-refractivity contribution < 1.29 is 29.6 Å². The van der Waals surface area contributed by atoms with E-state index in [0.29, 0.717) is 0 Å². The smallest absolute Gasteiger partial charge is 0.263 e. The molecule has 0 spiro atoms. The summed E-state index contributed by atoms with van der Waals surface area (Å²) in [6.45, 7) is 0. The van der Waals surface area contributed by atoms with Gasteiger partial charge in [-0.15, -0.1) is 3.63 Å². The minimum atomic E-state index is -5.12. The van der Waals surface area contributed by atoms with Crippen LogP contribution >= 0.6 is 0 Å². The lowest BCUT2D eigenvalue weighted by atomic mass is 10.1. The van der Waals surface area contributed by atoms with Crippen molar-refractivity contribution in [3.05, 3.63) is 60.7 Å². The molecule has 0 saturated carbocycles. The standard InChI is InChI=1S/C12H10.H2O7S2/c1-3-7-11(8-4-1)12-9-5-2-6-10-12;1-8(2,3)7-9(4,5)6/h1-10H;(H,1,2,3)(H,4,5,6). The van der Waals surface area contributed by atoms with Crippen LogP contribution in [0.4, 0.5) is 0 Å². The van der Waals surface area contributed by atoms with E-state index in [1.807, 2.05) is 12.1 Å². The molecule has 0 saturated heterocycles. The molecule has 9 heteroatoms. The first kappa shape index (κ1) is 17.3. The lowest BCUT2D eigenvalue weighted by Gasteiger charge is -1.98. The molecule has 0 heterocycles. The molecular formula is C12H12O7S2. The highest BCUT2D eigenvalue weighted by atomic mass is 32.3. The zero-order valence-corrected chi connectivity index (χ0v) is 12.2. The van der Waals surface area contributed by atoms with Gasteiger partial charge in [-0.3, -0.25) is 9.11 Å². The number of benzene rings is 2. The van der Waals surface area contributed by atoms with E-state index in [2.05, 4.69) is 52.2 Å². The van der Waals surface area contributed by atoms with Gasteiger partial charge in [-0.1, -0.05) is 60.7 Å². The molecule has 0 atom stereocenters. The Morgan fingerprint density at radius 2 is 0.905 bits per heavy atom. The highest BCUT2D eigenvalue weighted by Crippen LogP contribution is 2.17. The van der Waals surface area contributed by atoms with Gasteiger partial charge in [0.05, 0.1) is 0 Å². The van der Waals surface area contributed by atoms with Crippen molar-refractivity contribution in [1.29, 1.82) is 0 Å². The van der Waals surface area contributed by atoms with E-state index in [1.54, 1.807) is 0 Å². The average Bonchev–Trinajstić information content (AvgIpc) is 2.37. The van der Waals surface area contributed by atoms with E-state index in [-0.39, 0.29) is 0 Å². The monoisotopic (exact) mass is 332 g/mol. The Balaban J connectivity index is 0.000000222. The van der Waals surface area contributed by atoms with Crippen LogP contribution in [0.2, 0.25) is 0 Å². The van der Waals surface area contributed by atoms with Crippen molar-refractivity contribution in [3.8, 4) is 11.1 Å². The predicted octanol–water partition coefficient (Wildman–Crippen LogP) is 1.96. The molecule has 0 fully saturated rings. The number of rotatable bonds is 3. The fourth-order valence-electron chi connectivity index (χ4n) is 1.37. The third kappa shape index (κ3) is 8.17. The van der Waals surface area contributed by atoms with Gasteiger partial charge in [0, 0.05) is 0 Å². The molecule has 2 aromatic carbocycles. The highest BCUT2D eigenvalue weighted by Gasteiger charge is 2.15. The maximum atomic E-state index is 9.44. The molecule has 0 aliphatic carbocycles. The van der Waals surface area contributed by atoms with Crippen LogP contribution in [-0.4, -0.2) is 25.9 Å². The fraction of sp³-hybridized carbons (Fsp3) is 0. The molecule has 0 aliphatic heterocycles. The second-order valence-electron chi connectivity index (χ2n) is 3.66. The molecule has 0 aliphatic rings. The van der Waals surface area contributed by atoms with Gasteiger partial charge in [-0.25, -0.2) is 0 Å². The SMILES string of the molecule is O=S(=O)(O)OS(=O)(=O)O.c1ccc(-c2ccccc2)cc1. The van der Waals surface area contributed by atoms with Gasteiger partial charge in [0.1, 0.15) is 0 Å². The minimum Gasteiger partial charge on any atom is -0.263 e. The molecule has 0 unspecified atom stereocenters. The van der Waals surface area contributed by atoms with Gasteiger partial charge in [-0.05, 0) is 11.1 Å². The van der Waals surface area contributed by atoms with E-state index >= 15 is 0 Å². The van der Waals surface area contributed by atoms with Gasteiger partial charge in [0.2, 0.25) is 0 Å². The van der Waals surface area contributed by atoms with Gasteiger partial charge in [0.15, 0.2) is 0 Å². The third-order valence-electron chi connectivity index (χ3n) is 2.05. The van der Waals surface area contributed by atoms with Crippen LogP contribution in [0.3, 0.4) is 0 Å². The van der Waals surface area contributed by atoms with Crippen molar-refractivity contribution in [2.75, 3.05) is 0 Å². The molecule has 2 rings (SSSR count). The first-order chi connectivity index (χ1) is 9.67. The second-order valence-corrected chi connectivity index (χ2v) is 5.91. The maximum Gasteiger partial charge on any atom is 0.413 e. The first-order valence-corrected chi connectivity index (χ1v) is 8.17. The molecule has 2 N–H and O–H groups in total. The molecule has 0 amide bonds. The van der Waals surface area contributed by atoms with Crippen molar-refractivity contribution in [3.63, 3.8) is 0 Å². The molecule has 0 bridgehead atoms. The maximum absolute atomic E-state index is 9.44. The summed E-state index contributed by atoms with van der Waals surface area (Å²) in [4.78, 5) is 0. The van der Waals surface area contributed by atoms with Crippen LogP contribution in [0.5, 0.6) is 0 Å². The van der Waals surface area contributed by atoms with E-state index in [0.717, 1.165) is 0 Å². The Morgan fingerprint density at radius 1 is 0.619 bits per heavy atom. The van der Waals surface area contributed by atoms with Crippen molar-refractivity contribution >= 4 is 20.8 Å². The Kier molecular flexibility index (Phi) is 6.00. The molecule has 0 aromatic heterocycles. The third-order valence-corrected chi connectivity index (χ3v) is 3.43. The Bertz CT molecular complexity index is 686. The number of hydrogen-bond acceptors (Lipinski definition) is 5. The summed E-state index contributed by atoms with van der Waals surface area (Å²) in [5.41, 5.74) is 2.55. The Hall–Kier alpha value is -1.78. The summed E-state index contributed by atoms with van der Waals surface area (Å²) in [7, 11) is -10.2. The Morgan fingerprint density at radius 3 is 1.10 bits per heavy atom. The molecule has 2 aromatic rings. The van der Waals surface area contributed by atoms with Crippen LogP contribution in [0, 0.1) is 0 Å². The lowest BCUT2D eigenvalue weighted by Crippen LogP contribution is -2.10. The first-order valence-electron chi connectivity index (χ1n) is 5.44. The molecule has 114 valence electrons. The summed E-state index contributed by atoms with van der Waals surface area (Å²) in [5, 5.41) is 0. The van der Waals surface area contributed by atoms with E-state index in [1.165, 1.54) is 11.1 Å². The minimum absolute atomic E-state index is 1.28. The van der Waals surface area contributed by atoms with Gasteiger partial charge in [0.25, 0.3) is 0 Å². The molecule has 21 heavy (non-hydrogen) atoms. The van der Waals surface area contributed by atoms with Crippen LogP contribution < -0.4 is 0 Å². The van der Waals surface area contributed by atoms with Crippen LogP contribution in [0.25, 0.3) is 11.1 Å². The van der Waals surface area contributed by atoms with E-state index in [4.69, 9.17) is 9.11 Å². The summed E-state index contributed by atoms with van der Waals surface area (Å²) in [6, 6.07) is 20.8. The van der Waals surface area contributed by atoms with Crippen molar-refractivity contribution in [1.82, 2.24) is 0 Å². The topological polar surface area (TPSA) is 118 Å². The molecular weight excluding hydrogens is 320 g/mol. The molecule has 7 nitrogen and oxygen atoms in total. The normalized spacial score (nSPS) is 11.3. The van der Waals surface area contributed by atoms with Crippen molar-refractivity contribution in [2.45, 2.75) is 0 Å². The fourth-order valence-corrected chi connectivity index (χ4v) is 2.24. The summed E-state index contributed by atoms with van der Waals surface area (Å²) >= 11 is 0. The van der Waals surface area contributed by atoms with Gasteiger partial charge >= 0.3 is 20.8 Å². The zero-order chi connectivity index (χ0) is 15.9. The largest absolute Gasteiger partial charge is 0.413 e. The molecule has 0 radical (unpaired) electrons. The summed E-state index contributed by atoms with van der Waals surface area (Å²) in [5.74, 6) is 0. The van der Waals surface area contributed by atoms with E-state index in [9.17, 15) is 16.8 Å². The number of hydrogen-bond donors (Lipinski definition) is 2.